The molecule has 0 saturated carbocycles. The van der Waals surface area contributed by atoms with Crippen molar-refractivity contribution < 1.29 is 18.0 Å². The van der Waals surface area contributed by atoms with Gasteiger partial charge in [-0.05, 0) is 43.3 Å². The van der Waals surface area contributed by atoms with Crippen LogP contribution in [0.4, 0.5) is 18.9 Å². The third kappa shape index (κ3) is 3.08. The van der Waals surface area contributed by atoms with E-state index in [1.165, 1.54) is 12.1 Å². The Balaban J connectivity index is 2.00. The maximum atomic E-state index is 13.1. The SMILES string of the molecule is Cc1ccc2c(NC(=O)c3ccccc3C(F)(F)F)cccc2n1. The number of carbonyl (C=O) groups excluding carboxylic acids is 1. The van der Waals surface area contributed by atoms with Crippen molar-refractivity contribution in [1.82, 2.24) is 4.98 Å². The van der Waals surface area contributed by atoms with Gasteiger partial charge in [-0.25, -0.2) is 0 Å². The zero-order valence-corrected chi connectivity index (χ0v) is 12.7. The van der Waals surface area contributed by atoms with E-state index in [-0.39, 0.29) is 0 Å². The first-order valence-corrected chi connectivity index (χ1v) is 7.20. The van der Waals surface area contributed by atoms with Gasteiger partial charge in [-0.1, -0.05) is 18.2 Å². The van der Waals surface area contributed by atoms with E-state index >= 15 is 0 Å². The van der Waals surface area contributed by atoms with E-state index in [4.69, 9.17) is 0 Å². The van der Waals surface area contributed by atoms with Gasteiger partial charge in [0, 0.05) is 11.1 Å². The van der Waals surface area contributed by atoms with Crippen molar-refractivity contribution in [2.75, 3.05) is 5.32 Å². The summed E-state index contributed by atoms with van der Waals surface area (Å²) in [6.07, 6.45) is -4.59. The topological polar surface area (TPSA) is 42.0 Å². The number of nitrogens with zero attached hydrogens (tertiary/aromatic N) is 1. The lowest BCUT2D eigenvalue weighted by Gasteiger charge is -2.13. The molecule has 0 bridgehead atoms. The molecule has 1 heterocycles. The van der Waals surface area contributed by atoms with Gasteiger partial charge in [0.2, 0.25) is 0 Å². The van der Waals surface area contributed by atoms with Crippen LogP contribution >= 0.6 is 0 Å². The first kappa shape index (κ1) is 16.0. The van der Waals surface area contributed by atoms with E-state index in [9.17, 15) is 18.0 Å². The molecule has 1 N–H and O–H groups in total. The Hall–Kier alpha value is -2.89. The molecule has 6 heteroatoms. The van der Waals surface area contributed by atoms with Crippen LogP contribution in [0.3, 0.4) is 0 Å². The minimum absolute atomic E-state index is 0.415. The molecule has 24 heavy (non-hydrogen) atoms. The fourth-order valence-corrected chi connectivity index (χ4v) is 2.48. The Morgan fingerprint density at radius 3 is 2.50 bits per heavy atom. The number of anilines is 1. The van der Waals surface area contributed by atoms with Gasteiger partial charge in [-0.2, -0.15) is 13.2 Å². The fourth-order valence-electron chi connectivity index (χ4n) is 2.48. The summed E-state index contributed by atoms with van der Waals surface area (Å²) in [5, 5.41) is 3.22. The molecule has 3 aromatic rings. The number of aromatic nitrogens is 1. The van der Waals surface area contributed by atoms with Crippen LogP contribution in [0.2, 0.25) is 0 Å². The quantitative estimate of drug-likeness (QED) is 0.732. The first-order chi connectivity index (χ1) is 11.4. The number of alkyl halides is 3. The van der Waals surface area contributed by atoms with Crippen LogP contribution in [-0.2, 0) is 6.18 Å². The lowest BCUT2D eigenvalue weighted by atomic mass is 10.1. The third-order valence-corrected chi connectivity index (χ3v) is 3.60. The van der Waals surface area contributed by atoms with Gasteiger partial charge in [0.1, 0.15) is 0 Å². The number of pyridine rings is 1. The number of amides is 1. The van der Waals surface area contributed by atoms with Crippen LogP contribution in [0.25, 0.3) is 10.9 Å². The highest BCUT2D eigenvalue weighted by atomic mass is 19.4. The molecule has 0 saturated heterocycles. The first-order valence-electron chi connectivity index (χ1n) is 7.20. The van der Waals surface area contributed by atoms with Gasteiger partial charge in [-0.15, -0.1) is 0 Å². The Kier molecular flexibility index (Phi) is 3.97. The van der Waals surface area contributed by atoms with Gasteiger partial charge in [0.15, 0.2) is 0 Å². The van der Waals surface area contributed by atoms with Crippen molar-refractivity contribution in [2.45, 2.75) is 13.1 Å². The zero-order valence-electron chi connectivity index (χ0n) is 12.7. The monoisotopic (exact) mass is 330 g/mol. The average molecular weight is 330 g/mol. The van der Waals surface area contributed by atoms with Crippen LogP contribution in [0.15, 0.2) is 54.6 Å². The second-order valence-electron chi connectivity index (χ2n) is 5.32. The zero-order chi connectivity index (χ0) is 17.3. The predicted molar refractivity (Wildman–Crippen MR) is 85.9 cm³/mol. The molecule has 2 aromatic carbocycles. The van der Waals surface area contributed by atoms with Crippen LogP contribution in [0.5, 0.6) is 0 Å². The summed E-state index contributed by atoms with van der Waals surface area (Å²) in [7, 11) is 0. The van der Waals surface area contributed by atoms with Crippen molar-refractivity contribution in [3.8, 4) is 0 Å². The molecule has 0 aliphatic rings. The number of carbonyl (C=O) groups is 1. The number of benzene rings is 2. The van der Waals surface area contributed by atoms with Gasteiger partial charge >= 0.3 is 6.18 Å². The largest absolute Gasteiger partial charge is 0.417 e. The number of halogens is 3. The molecular formula is C18H13F3N2O. The molecule has 3 rings (SSSR count). The molecule has 0 unspecified atom stereocenters. The summed E-state index contributed by atoms with van der Waals surface area (Å²) in [6.45, 7) is 1.84. The lowest BCUT2D eigenvalue weighted by molar-refractivity contribution is -0.137. The number of hydrogen-bond acceptors (Lipinski definition) is 2. The van der Waals surface area contributed by atoms with Gasteiger partial charge < -0.3 is 5.32 Å². The van der Waals surface area contributed by atoms with Crippen LogP contribution < -0.4 is 5.32 Å². The third-order valence-electron chi connectivity index (χ3n) is 3.60. The van der Waals surface area contributed by atoms with E-state index in [1.54, 1.807) is 30.3 Å². The highest BCUT2D eigenvalue weighted by Crippen LogP contribution is 2.32. The molecular weight excluding hydrogens is 317 g/mol. The normalized spacial score (nSPS) is 11.5. The molecule has 0 radical (unpaired) electrons. The minimum Gasteiger partial charge on any atom is -0.321 e. The van der Waals surface area contributed by atoms with Crippen molar-refractivity contribution >= 4 is 22.5 Å². The van der Waals surface area contributed by atoms with E-state index in [2.05, 4.69) is 10.3 Å². The maximum Gasteiger partial charge on any atom is 0.417 e. The second kappa shape index (κ2) is 5.96. The van der Waals surface area contributed by atoms with Crippen LogP contribution in [-0.4, -0.2) is 10.9 Å². The Morgan fingerprint density at radius 1 is 1.00 bits per heavy atom. The van der Waals surface area contributed by atoms with Crippen LogP contribution in [0.1, 0.15) is 21.6 Å². The smallest absolute Gasteiger partial charge is 0.321 e. The van der Waals surface area contributed by atoms with Gasteiger partial charge in [-0.3, -0.25) is 9.78 Å². The molecule has 0 fully saturated rings. The van der Waals surface area contributed by atoms with Gasteiger partial charge in [0.25, 0.3) is 5.91 Å². The molecule has 1 amide bonds. The summed E-state index contributed by atoms with van der Waals surface area (Å²) < 4.78 is 39.2. The highest BCUT2D eigenvalue weighted by molar-refractivity contribution is 6.09. The molecule has 0 aliphatic carbocycles. The Bertz CT molecular complexity index is 920. The Morgan fingerprint density at radius 2 is 1.75 bits per heavy atom. The number of fused-ring (bicyclic) bond motifs is 1. The lowest BCUT2D eigenvalue weighted by Crippen LogP contribution is -2.18. The van der Waals surface area contributed by atoms with Crippen LogP contribution in [0, 0.1) is 6.92 Å². The highest BCUT2D eigenvalue weighted by Gasteiger charge is 2.34. The predicted octanol–water partition coefficient (Wildman–Crippen LogP) is 4.81. The molecule has 1 aromatic heterocycles. The fraction of sp³-hybridized carbons (Fsp3) is 0.111. The number of hydrogen-bond donors (Lipinski definition) is 1. The number of nitrogens with one attached hydrogen (secondary N) is 1. The van der Waals surface area contributed by atoms with E-state index in [0.717, 1.165) is 17.8 Å². The van der Waals surface area contributed by atoms with E-state index in [0.29, 0.717) is 16.6 Å². The van der Waals surface area contributed by atoms with Gasteiger partial charge in [0.05, 0.1) is 22.3 Å². The summed E-state index contributed by atoms with van der Waals surface area (Å²) in [5.41, 5.74) is 0.519. The Labute approximate surface area is 136 Å². The minimum atomic E-state index is -4.59. The number of aryl methyl sites for hydroxylation is 1. The second-order valence-corrected chi connectivity index (χ2v) is 5.32. The summed E-state index contributed by atoms with van der Waals surface area (Å²) in [5.74, 6) is -0.809. The summed E-state index contributed by atoms with van der Waals surface area (Å²) in [4.78, 5) is 16.7. The molecule has 0 aliphatic heterocycles. The summed E-state index contributed by atoms with van der Waals surface area (Å²) >= 11 is 0. The van der Waals surface area contributed by atoms with E-state index in [1.807, 2.05) is 6.92 Å². The average Bonchev–Trinajstić information content (AvgIpc) is 2.54. The summed E-state index contributed by atoms with van der Waals surface area (Å²) in [6, 6.07) is 13.4. The van der Waals surface area contributed by atoms with Crippen molar-refractivity contribution in [2.24, 2.45) is 0 Å². The molecule has 122 valence electrons. The van der Waals surface area contributed by atoms with E-state index < -0.39 is 23.2 Å². The molecule has 0 atom stereocenters. The number of rotatable bonds is 2. The molecule has 0 spiro atoms. The van der Waals surface area contributed by atoms with Crippen molar-refractivity contribution in [3.05, 3.63) is 71.4 Å². The van der Waals surface area contributed by atoms with Crippen molar-refractivity contribution in [1.29, 1.82) is 0 Å². The standard InChI is InChI=1S/C18H13F3N2O/c1-11-9-10-13-15(22-11)7-4-8-16(13)23-17(24)12-5-2-3-6-14(12)18(19,20)21/h2-10H,1H3,(H,23,24). The maximum absolute atomic E-state index is 13.1. The van der Waals surface area contributed by atoms with Crippen molar-refractivity contribution in [3.63, 3.8) is 0 Å². The molecule has 3 nitrogen and oxygen atoms in total.